The molecule has 0 saturated carbocycles. The summed E-state index contributed by atoms with van der Waals surface area (Å²) in [5.41, 5.74) is 4.15. The van der Waals surface area contributed by atoms with Crippen LogP contribution < -0.4 is 29.8 Å². The molecule has 0 aliphatic carbocycles. The highest BCUT2D eigenvalue weighted by atomic mass is 16.5. The molecule has 11 nitrogen and oxygen atoms in total. The number of hydrogen-bond acceptors (Lipinski definition) is 8. The first-order valence-corrected chi connectivity index (χ1v) is 15.8. The Labute approximate surface area is 272 Å². The molecule has 1 unspecified atom stereocenters. The summed E-state index contributed by atoms with van der Waals surface area (Å²) >= 11 is 0. The Morgan fingerprint density at radius 1 is 0.957 bits per heavy atom. The first-order chi connectivity index (χ1) is 22.9. The predicted octanol–water partition coefficient (Wildman–Crippen LogP) is 4.52. The van der Waals surface area contributed by atoms with Gasteiger partial charge in [0, 0.05) is 38.4 Å². The van der Waals surface area contributed by atoms with Crippen molar-refractivity contribution in [3.8, 4) is 28.7 Å². The van der Waals surface area contributed by atoms with Gasteiger partial charge in [0.25, 0.3) is 5.56 Å². The SMILES string of the molecule is COc1ccc2cc1OCCCNC(=O)CCc1cccc(c1)Oc1cc3c(cc1OC)C2N(C(=O)CCc1ccc(=O)[nH]n1)CC3. The molecule has 0 spiro atoms. The molecule has 1 aromatic heterocycles. The summed E-state index contributed by atoms with van der Waals surface area (Å²) < 4.78 is 24.0. The lowest BCUT2D eigenvalue weighted by molar-refractivity contribution is -0.133. The van der Waals surface area contributed by atoms with Crippen molar-refractivity contribution >= 4 is 11.8 Å². The molecule has 4 heterocycles. The highest BCUT2D eigenvalue weighted by molar-refractivity contribution is 5.78. The van der Waals surface area contributed by atoms with Gasteiger partial charge < -0.3 is 29.2 Å². The van der Waals surface area contributed by atoms with E-state index >= 15 is 0 Å². The fourth-order valence-corrected chi connectivity index (χ4v) is 6.08. The van der Waals surface area contributed by atoms with Crippen molar-refractivity contribution in [1.82, 2.24) is 20.4 Å². The van der Waals surface area contributed by atoms with Crippen molar-refractivity contribution in [1.29, 1.82) is 0 Å². The van der Waals surface area contributed by atoms with Gasteiger partial charge in [-0.1, -0.05) is 18.2 Å². The number of aromatic nitrogens is 2. The van der Waals surface area contributed by atoms with Crippen LogP contribution in [0.5, 0.6) is 28.7 Å². The largest absolute Gasteiger partial charge is 0.493 e. The molecular formula is C36H38N4O7. The Bertz CT molecular complexity index is 1800. The molecule has 2 N–H and O–H groups in total. The third-order valence-corrected chi connectivity index (χ3v) is 8.48. The van der Waals surface area contributed by atoms with Crippen molar-refractivity contribution in [2.45, 2.75) is 44.6 Å². The van der Waals surface area contributed by atoms with Gasteiger partial charge in [-0.15, -0.1) is 0 Å². The third-order valence-electron chi connectivity index (χ3n) is 8.48. The molecule has 244 valence electrons. The molecule has 0 saturated heterocycles. The Balaban J connectivity index is 1.40. The van der Waals surface area contributed by atoms with Crippen LogP contribution in [0.25, 0.3) is 0 Å². The second kappa shape index (κ2) is 14.4. The van der Waals surface area contributed by atoms with Gasteiger partial charge in [-0.05, 0) is 84.0 Å². The molecule has 3 aliphatic rings. The van der Waals surface area contributed by atoms with Gasteiger partial charge in [0.15, 0.2) is 23.0 Å². The van der Waals surface area contributed by atoms with E-state index in [4.69, 9.17) is 18.9 Å². The van der Waals surface area contributed by atoms with E-state index in [1.54, 1.807) is 20.3 Å². The van der Waals surface area contributed by atoms with E-state index in [2.05, 4.69) is 15.5 Å². The normalized spacial score (nSPS) is 16.3. The highest BCUT2D eigenvalue weighted by Crippen LogP contribution is 2.44. The summed E-state index contributed by atoms with van der Waals surface area (Å²) in [6.45, 7) is 1.33. The van der Waals surface area contributed by atoms with Crippen LogP contribution in [-0.2, 0) is 28.9 Å². The van der Waals surface area contributed by atoms with Crippen LogP contribution in [0, 0.1) is 0 Å². The van der Waals surface area contributed by atoms with Gasteiger partial charge in [0.1, 0.15) is 5.75 Å². The van der Waals surface area contributed by atoms with Crippen molar-refractivity contribution in [3.05, 3.63) is 105 Å². The standard InChI is InChI=1S/C36H38N4O7/c1-44-29-11-8-25-21-31(29)46-18-4-16-37-33(41)12-7-23-5-3-6-27(19-23)47-32-20-24-15-17-40(36(25)28(24)22-30(32)45-2)35(43)14-10-26-9-13-34(42)39-38-26/h3,5-6,8-9,11,13,19-22,36H,4,7,10,12,14-18H2,1-2H3,(H,37,41)(H,39,42). The van der Waals surface area contributed by atoms with Gasteiger partial charge in [0.05, 0.1) is 32.6 Å². The average Bonchev–Trinajstić information content (AvgIpc) is 3.09. The number of nitrogens with zero attached hydrogens (tertiary/aromatic N) is 2. The van der Waals surface area contributed by atoms with E-state index in [0.29, 0.717) is 86.2 Å². The van der Waals surface area contributed by atoms with Gasteiger partial charge in [0.2, 0.25) is 11.8 Å². The fourth-order valence-electron chi connectivity index (χ4n) is 6.08. The van der Waals surface area contributed by atoms with Crippen LogP contribution in [0.4, 0.5) is 0 Å². The fraction of sp³-hybridized carbons (Fsp3) is 0.333. The Morgan fingerprint density at radius 2 is 1.83 bits per heavy atom. The Kier molecular flexibility index (Phi) is 9.70. The van der Waals surface area contributed by atoms with E-state index < -0.39 is 6.04 Å². The zero-order valence-corrected chi connectivity index (χ0v) is 26.5. The van der Waals surface area contributed by atoms with Crippen LogP contribution >= 0.6 is 0 Å². The number of amides is 2. The molecule has 8 bridgehead atoms. The summed E-state index contributed by atoms with van der Waals surface area (Å²) in [6.07, 6.45) is 2.76. The second-order valence-corrected chi connectivity index (χ2v) is 11.6. The molecule has 7 rings (SSSR count). The van der Waals surface area contributed by atoms with Crippen LogP contribution in [0.2, 0.25) is 0 Å². The summed E-state index contributed by atoms with van der Waals surface area (Å²) in [5.74, 6) is 2.79. The van der Waals surface area contributed by atoms with Gasteiger partial charge in [-0.2, -0.15) is 5.10 Å². The Hall–Kier alpha value is -5.32. The number of rotatable bonds is 5. The molecule has 4 aromatic rings. The predicted molar refractivity (Wildman–Crippen MR) is 174 cm³/mol. The number of carbonyl (C=O) groups is 2. The van der Waals surface area contributed by atoms with Crippen LogP contribution in [-0.4, -0.2) is 60.8 Å². The zero-order chi connectivity index (χ0) is 32.8. The van der Waals surface area contributed by atoms with Crippen LogP contribution in [0.15, 0.2) is 71.5 Å². The van der Waals surface area contributed by atoms with Crippen molar-refractivity contribution in [2.24, 2.45) is 0 Å². The van der Waals surface area contributed by atoms with Gasteiger partial charge >= 0.3 is 0 Å². The summed E-state index contributed by atoms with van der Waals surface area (Å²) in [5, 5.41) is 9.48. The van der Waals surface area contributed by atoms with Crippen LogP contribution in [0.1, 0.15) is 53.3 Å². The lowest BCUT2D eigenvalue weighted by Crippen LogP contribution is -2.40. The molecule has 47 heavy (non-hydrogen) atoms. The number of aryl methyl sites for hydroxylation is 2. The third kappa shape index (κ3) is 7.40. The maximum absolute atomic E-state index is 13.9. The quantitative estimate of drug-likeness (QED) is 0.326. The first kappa shape index (κ1) is 31.7. The first-order valence-electron chi connectivity index (χ1n) is 15.8. The molecule has 3 aliphatic heterocycles. The number of aromatic amines is 1. The van der Waals surface area contributed by atoms with E-state index in [1.165, 1.54) is 6.07 Å². The molecule has 1 atom stereocenters. The summed E-state index contributed by atoms with van der Waals surface area (Å²) in [6, 6.07) is 20.0. The van der Waals surface area contributed by atoms with Crippen molar-refractivity contribution in [2.75, 3.05) is 33.9 Å². The minimum atomic E-state index is -0.445. The Morgan fingerprint density at radius 3 is 2.64 bits per heavy atom. The van der Waals surface area contributed by atoms with Crippen molar-refractivity contribution in [3.63, 3.8) is 0 Å². The number of benzene rings is 3. The smallest absolute Gasteiger partial charge is 0.264 e. The number of fused-ring (bicyclic) bond motifs is 8. The van der Waals surface area contributed by atoms with Crippen molar-refractivity contribution < 1.29 is 28.5 Å². The molecular weight excluding hydrogens is 600 g/mol. The number of carbonyl (C=O) groups excluding carboxylic acids is 2. The lowest BCUT2D eigenvalue weighted by atomic mass is 9.87. The molecule has 0 fully saturated rings. The van der Waals surface area contributed by atoms with Crippen LogP contribution in [0.3, 0.4) is 0 Å². The van der Waals surface area contributed by atoms with E-state index in [0.717, 1.165) is 22.3 Å². The second-order valence-electron chi connectivity index (χ2n) is 11.6. The van der Waals surface area contributed by atoms with E-state index in [9.17, 15) is 14.4 Å². The number of hydrogen-bond donors (Lipinski definition) is 2. The molecule has 0 radical (unpaired) electrons. The minimum absolute atomic E-state index is 0.0294. The maximum atomic E-state index is 13.9. The van der Waals surface area contributed by atoms with E-state index in [1.807, 2.05) is 59.5 Å². The maximum Gasteiger partial charge on any atom is 0.264 e. The number of methoxy groups -OCH3 is 2. The average molecular weight is 639 g/mol. The topological polar surface area (TPSA) is 132 Å². The van der Waals surface area contributed by atoms with Gasteiger partial charge in [-0.3, -0.25) is 14.4 Å². The molecule has 2 amide bonds. The van der Waals surface area contributed by atoms with E-state index in [-0.39, 0.29) is 23.8 Å². The molecule has 3 aromatic carbocycles. The van der Waals surface area contributed by atoms with Gasteiger partial charge in [-0.25, -0.2) is 5.10 Å². The number of nitrogens with one attached hydrogen (secondary N) is 2. The molecule has 11 heteroatoms. The summed E-state index contributed by atoms with van der Waals surface area (Å²) in [7, 11) is 3.18. The summed E-state index contributed by atoms with van der Waals surface area (Å²) in [4.78, 5) is 39.8. The zero-order valence-electron chi connectivity index (χ0n) is 26.5. The number of H-pyrrole nitrogens is 1. The lowest BCUT2D eigenvalue weighted by Gasteiger charge is -2.38. The highest BCUT2D eigenvalue weighted by Gasteiger charge is 2.34. The minimum Gasteiger partial charge on any atom is -0.493 e. The monoisotopic (exact) mass is 638 g/mol. The number of ether oxygens (including phenoxy) is 4.